The molecule has 2 fully saturated rings. The van der Waals surface area contributed by atoms with Crippen LogP contribution < -0.4 is 0 Å². The quantitative estimate of drug-likeness (QED) is 0.490. The SMILES string of the molecule is CC1(C)OC[C@@]2(C[C@H](O[Si](C)(C)C(C)(C)C)[C@H](COC(=O)c3ccccc3)CO2)O1. The van der Waals surface area contributed by atoms with Gasteiger partial charge in [-0.3, -0.25) is 0 Å². The van der Waals surface area contributed by atoms with Gasteiger partial charge in [-0.15, -0.1) is 0 Å². The van der Waals surface area contributed by atoms with Crippen LogP contribution in [0.5, 0.6) is 0 Å². The second kappa shape index (κ2) is 8.35. The van der Waals surface area contributed by atoms with Crippen LogP contribution in [0.2, 0.25) is 18.1 Å². The van der Waals surface area contributed by atoms with Crippen LogP contribution in [0.1, 0.15) is 51.4 Å². The van der Waals surface area contributed by atoms with Crippen LogP contribution >= 0.6 is 0 Å². The molecule has 0 radical (unpaired) electrons. The van der Waals surface area contributed by atoms with Gasteiger partial charge in [-0.25, -0.2) is 4.79 Å². The fourth-order valence-corrected chi connectivity index (χ4v) is 4.94. The van der Waals surface area contributed by atoms with Gasteiger partial charge in [0, 0.05) is 12.3 Å². The van der Waals surface area contributed by atoms with Gasteiger partial charge in [-0.1, -0.05) is 39.0 Å². The Labute approximate surface area is 181 Å². The van der Waals surface area contributed by atoms with Gasteiger partial charge in [0.2, 0.25) is 0 Å². The van der Waals surface area contributed by atoms with Gasteiger partial charge in [-0.05, 0) is 44.1 Å². The van der Waals surface area contributed by atoms with Crippen molar-refractivity contribution in [3.63, 3.8) is 0 Å². The molecule has 3 rings (SSSR count). The van der Waals surface area contributed by atoms with Crippen molar-refractivity contribution in [2.45, 2.75) is 76.8 Å². The predicted molar refractivity (Wildman–Crippen MR) is 117 cm³/mol. The average molecular weight is 437 g/mol. The van der Waals surface area contributed by atoms with E-state index in [1.54, 1.807) is 12.1 Å². The molecule has 0 amide bonds. The van der Waals surface area contributed by atoms with Crippen LogP contribution in [0, 0.1) is 5.92 Å². The molecular formula is C23H36O6Si. The Bertz CT molecular complexity index is 742. The summed E-state index contributed by atoms with van der Waals surface area (Å²) in [5, 5.41) is 0.0655. The molecule has 7 heteroatoms. The molecule has 0 aromatic heterocycles. The predicted octanol–water partition coefficient (Wildman–Crippen LogP) is 4.75. The smallest absolute Gasteiger partial charge is 0.338 e. The maximum absolute atomic E-state index is 12.4. The number of carbonyl (C=O) groups is 1. The van der Waals surface area contributed by atoms with E-state index in [4.69, 9.17) is 23.4 Å². The standard InChI is InChI=1S/C23H36O6Si/c1-21(2,3)30(6,7)28-19-13-23(16-27-22(4,5)29-23)26-15-18(19)14-25-20(24)17-11-9-8-10-12-17/h8-12,18-19H,13-16H2,1-7H3/t18-,19+,23-/m1/s1. The van der Waals surface area contributed by atoms with Crippen molar-refractivity contribution in [2.75, 3.05) is 19.8 Å². The number of hydrogen-bond acceptors (Lipinski definition) is 6. The molecule has 0 aliphatic carbocycles. The van der Waals surface area contributed by atoms with Gasteiger partial charge in [0.25, 0.3) is 0 Å². The summed E-state index contributed by atoms with van der Waals surface area (Å²) in [6.45, 7) is 15.9. The maximum atomic E-state index is 12.4. The topological polar surface area (TPSA) is 63.2 Å². The zero-order valence-electron chi connectivity index (χ0n) is 19.3. The van der Waals surface area contributed by atoms with E-state index in [0.29, 0.717) is 25.2 Å². The van der Waals surface area contributed by atoms with Crippen LogP contribution in [0.15, 0.2) is 30.3 Å². The molecule has 0 bridgehead atoms. The summed E-state index contributed by atoms with van der Waals surface area (Å²) in [5.74, 6) is -1.89. The molecule has 2 aliphatic rings. The summed E-state index contributed by atoms with van der Waals surface area (Å²) < 4.78 is 30.5. The first kappa shape index (κ1) is 23.4. The Morgan fingerprint density at radius 2 is 1.83 bits per heavy atom. The lowest BCUT2D eigenvalue weighted by atomic mass is 9.94. The lowest BCUT2D eigenvalue weighted by Gasteiger charge is -2.46. The molecule has 2 aliphatic heterocycles. The minimum Gasteiger partial charge on any atom is -0.462 e. The van der Waals surface area contributed by atoms with E-state index in [-0.39, 0.29) is 29.6 Å². The summed E-state index contributed by atoms with van der Waals surface area (Å²) in [6, 6.07) is 9.03. The third kappa shape index (κ3) is 5.32. The Balaban J connectivity index is 1.73. The Morgan fingerprint density at radius 1 is 1.17 bits per heavy atom. The fraction of sp³-hybridized carbons (Fsp3) is 0.696. The number of carbonyl (C=O) groups excluding carboxylic acids is 1. The molecular weight excluding hydrogens is 400 g/mol. The highest BCUT2D eigenvalue weighted by atomic mass is 28.4. The Kier molecular flexibility index (Phi) is 6.52. The highest BCUT2D eigenvalue weighted by molar-refractivity contribution is 6.74. The summed E-state index contributed by atoms with van der Waals surface area (Å²) >= 11 is 0. The summed E-state index contributed by atoms with van der Waals surface area (Å²) in [5.41, 5.74) is 0.543. The lowest BCUT2D eigenvalue weighted by molar-refractivity contribution is -0.289. The molecule has 0 unspecified atom stereocenters. The van der Waals surface area contributed by atoms with E-state index in [9.17, 15) is 4.79 Å². The van der Waals surface area contributed by atoms with E-state index < -0.39 is 19.9 Å². The molecule has 6 nitrogen and oxygen atoms in total. The molecule has 2 heterocycles. The molecule has 1 spiro atoms. The van der Waals surface area contributed by atoms with Gasteiger partial charge < -0.3 is 23.4 Å². The van der Waals surface area contributed by atoms with Gasteiger partial charge >= 0.3 is 5.97 Å². The second-order valence-electron chi connectivity index (χ2n) is 10.4. The van der Waals surface area contributed by atoms with E-state index in [1.165, 1.54) is 0 Å². The molecule has 1 aromatic carbocycles. The summed E-state index contributed by atoms with van der Waals surface area (Å²) in [6.07, 6.45) is 0.414. The summed E-state index contributed by atoms with van der Waals surface area (Å²) in [7, 11) is -2.05. The highest BCUT2D eigenvalue weighted by Crippen LogP contribution is 2.44. The van der Waals surface area contributed by atoms with Crippen molar-refractivity contribution in [3.05, 3.63) is 35.9 Å². The number of esters is 1. The lowest BCUT2D eigenvalue weighted by Crippen LogP contribution is -2.55. The summed E-state index contributed by atoms with van der Waals surface area (Å²) in [4.78, 5) is 12.4. The first-order valence-electron chi connectivity index (χ1n) is 10.7. The van der Waals surface area contributed by atoms with Gasteiger partial charge in [0.05, 0.1) is 24.9 Å². The molecule has 168 valence electrons. The minimum atomic E-state index is -2.05. The van der Waals surface area contributed by atoms with E-state index in [2.05, 4.69) is 33.9 Å². The van der Waals surface area contributed by atoms with E-state index in [0.717, 1.165) is 0 Å². The molecule has 30 heavy (non-hydrogen) atoms. The molecule has 0 N–H and O–H groups in total. The van der Waals surface area contributed by atoms with Gasteiger partial charge in [0.1, 0.15) is 6.61 Å². The molecule has 2 saturated heterocycles. The normalized spacial score (nSPS) is 29.2. The fourth-order valence-electron chi connectivity index (χ4n) is 3.55. The van der Waals surface area contributed by atoms with Crippen LogP contribution in [-0.2, 0) is 23.4 Å². The van der Waals surface area contributed by atoms with Gasteiger partial charge in [-0.2, -0.15) is 0 Å². The first-order valence-corrected chi connectivity index (χ1v) is 13.6. The number of ether oxygens (including phenoxy) is 4. The number of hydrogen-bond donors (Lipinski definition) is 0. The van der Waals surface area contributed by atoms with Crippen LogP contribution in [0.3, 0.4) is 0 Å². The third-order valence-electron chi connectivity index (χ3n) is 6.36. The Morgan fingerprint density at radius 3 is 2.40 bits per heavy atom. The van der Waals surface area contributed by atoms with Crippen LogP contribution in [0.4, 0.5) is 0 Å². The Hall–Kier alpha value is -1.25. The zero-order chi connectivity index (χ0) is 22.2. The first-order chi connectivity index (χ1) is 13.8. The molecule has 0 saturated carbocycles. The minimum absolute atomic E-state index is 0.0651. The third-order valence-corrected chi connectivity index (χ3v) is 10.9. The number of rotatable bonds is 5. The van der Waals surface area contributed by atoms with E-state index >= 15 is 0 Å². The average Bonchev–Trinajstić information content (AvgIpc) is 2.94. The van der Waals surface area contributed by atoms with Crippen molar-refractivity contribution in [3.8, 4) is 0 Å². The highest BCUT2D eigenvalue weighted by Gasteiger charge is 2.53. The number of benzene rings is 1. The van der Waals surface area contributed by atoms with E-state index in [1.807, 2.05) is 32.0 Å². The van der Waals surface area contributed by atoms with Crippen molar-refractivity contribution in [1.82, 2.24) is 0 Å². The van der Waals surface area contributed by atoms with Crippen molar-refractivity contribution in [2.24, 2.45) is 5.92 Å². The van der Waals surface area contributed by atoms with Crippen molar-refractivity contribution >= 4 is 14.3 Å². The molecule has 3 atom stereocenters. The monoisotopic (exact) mass is 436 g/mol. The van der Waals surface area contributed by atoms with Crippen LogP contribution in [0.25, 0.3) is 0 Å². The zero-order valence-corrected chi connectivity index (χ0v) is 20.3. The second-order valence-corrected chi connectivity index (χ2v) is 15.1. The molecule has 1 aromatic rings. The largest absolute Gasteiger partial charge is 0.462 e. The van der Waals surface area contributed by atoms with Crippen molar-refractivity contribution < 1.29 is 28.2 Å². The maximum Gasteiger partial charge on any atom is 0.338 e. The van der Waals surface area contributed by atoms with Crippen molar-refractivity contribution in [1.29, 1.82) is 0 Å². The van der Waals surface area contributed by atoms with Gasteiger partial charge in [0.15, 0.2) is 19.9 Å². The van der Waals surface area contributed by atoms with Crippen LogP contribution in [-0.4, -0.2) is 51.8 Å².